The quantitative estimate of drug-likeness (QED) is 0.0705. The van der Waals surface area contributed by atoms with E-state index in [-0.39, 0.29) is 0 Å². The lowest BCUT2D eigenvalue weighted by atomic mass is 10.2. The molecule has 0 fully saturated rings. The van der Waals surface area contributed by atoms with Gasteiger partial charge in [-0.2, -0.15) is 13.2 Å². The van der Waals surface area contributed by atoms with E-state index in [9.17, 15) is 13.2 Å². The monoisotopic (exact) mass is 744 g/mol. The first-order valence-corrected chi connectivity index (χ1v) is 18.7. The van der Waals surface area contributed by atoms with Gasteiger partial charge in [0.1, 0.15) is 15.8 Å². The van der Waals surface area contributed by atoms with Crippen molar-refractivity contribution in [3.05, 3.63) is 117 Å². The van der Waals surface area contributed by atoms with E-state index in [1.807, 2.05) is 88.4 Å². The molecule has 4 rings (SSSR count). The third kappa shape index (κ3) is 18.4. The number of halogens is 4. The molecule has 4 aromatic rings. The number of rotatable bonds is 0. The molecule has 0 saturated heterocycles. The SMILES string of the molecule is C#Cc1cc[n+](C)cc1C.C#Cc1ccncc1C.Cc1cnccc1Br.Cc1cnccc1C#C[SiH](C)C.O=S(=O)([O-])C(F)(F)F. The van der Waals surface area contributed by atoms with Crippen LogP contribution in [0.2, 0.25) is 13.1 Å². The normalized spacial score (nSPS) is 9.85. The van der Waals surface area contributed by atoms with E-state index in [0.29, 0.717) is 0 Å². The molecule has 0 bridgehead atoms. The summed E-state index contributed by atoms with van der Waals surface area (Å²) >= 11 is 3.36. The molecule has 248 valence electrons. The average molecular weight is 746 g/mol. The smallest absolute Gasteiger partial charge is 0.485 e. The van der Waals surface area contributed by atoms with Crippen molar-refractivity contribution < 1.29 is 30.7 Å². The Morgan fingerprint density at radius 1 is 0.809 bits per heavy atom. The number of nitrogens with zero attached hydrogens (tertiary/aromatic N) is 4. The molecule has 7 nitrogen and oxygen atoms in total. The van der Waals surface area contributed by atoms with E-state index < -0.39 is 24.4 Å². The Hall–Kier alpha value is -4.32. The maximum Gasteiger partial charge on any atom is 0.485 e. The van der Waals surface area contributed by atoms with E-state index in [0.717, 1.165) is 32.3 Å². The Morgan fingerprint density at radius 3 is 1.55 bits per heavy atom. The van der Waals surface area contributed by atoms with Crippen LogP contribution in [0.3, 0.4) is 0 Å². The first-order valence-electron chi connectivity index (χ1n) is 13.6. The minimum absolute atomic E-state index is 0.742. The van der Waals surface area contributed by atoms with Crippen LogP contribution in [-0.2, 0) is 17.2 Å². The molecular formula is C34H36BrF3N4O3SSi. The lowest BCUT2D eigenvalue weighted by molar-refractivity contribution is -0.671. The number of hydrogen-bond donors (Lipinski definition) is 0. The summed E-state index contributed by atoms with van der Waals surface area (Å²) in [5.41, 5.74) is 5.17. The van der Waals surface area contributed by atoms with Crippen molar-refractivity contribution in [1.82, 2.24) is 15.0 Å². The highest BCUT2D eigenvalue weighted by Gasteiger charge is 2.36. The van der Waals surface area contributed by atoms with Crippen LogP contribution >= 0.6 is 15.9 Å². The highest BCUT2D eigenvalue weighted by atomic mass is 79.9. The van der Waals surface area contributed by atoms with Crippen LogP contribution in [0.1, 0.15) is 38.9 Å². The first-order chi connectivity index (χ1) is 21.8. The maximum absolute atomic E-state index is 10.7. The van der Waals surface area contributed by atoms with Crippen molar-refractivity contribution in [1.29, 1.82) is 0 Å². The molecule has 47 heavy (non-hydrogen) atoms. The van der Waals surface area contributed by atoms with Gasteiger partial charge in [0, 0.05) is 70.0 Å². The van der Waals surface area contributed by atoms with Gasteiger partial charge >= 0.3 is 5.51 Å². The predicted octanol–water partition coefficient (Wildman–Crippen LogP) is 6.14. The molecule has 0 amide bonds. The molecule has 0 aromatic carbocycles. The van der Waals surface area contributed by atoms with Gasteiger partial charge < -0.3 is 4.55 Å². The van der Waals surface area contributed by atoms with Crippen LogP contribution in [-0.4, -0.2) is 42.2 Å². The average Bonchev–Trinajstić information content (AvgIpc) is 2.99. The molecule has 13 heteroatoms. The number of alkyl halides is 3. The van der Waals surface area contributed by atoms with E-state index in [1.54, 1.807) is 24.8 Å². The van der Waals surface area contributed by atoms with Gasteiger partial charge in [-0.05, 0) is 62.6 Å². The van der Waals surface area contributed by atoms with Crippen molar-refractivity contribution in [3.8, 4) is 36.2 Å². The van der Waals surface area contributed by atoms with E-state index in [4.69, 9.17) is 25.8 Å². The molecule has 0 aliphatic carbocycles. The lowest BCUT2D eigenvalue weighted by Gasteiger charge is -2.08. The van der Waals surface area contributed by atoms with Crippen LogP contribution in [0, 0.1) is 63.8 Å². The number of aromatic nitrogens is 4. The van der Waals surface area contributed by atoms with Gasteiger partial charge in [-0.15, -0.1) is 18.4 Å². The highest BCUT2D eigenvalue weighted by molar-refractivity contribution is 9.10. The summed E-state index contributed by atoms with van der Waals surface area (Å²) in [4.78, 5) is 11.8. The second kappa shape index (κ2) is 21.5. The van der Waals surface area contributed by atoms with E-state index >= 15 is 0 Å². The molecule has 4 aromatic heterocycles. The van der Waals surface area contributed by atoms with E-state index in [1.165, 1.54) is 11.1 Å². The molecule has 0 aliphatic heterocycles. The number of pyridine rings is 4. The largest absolute Gasteiger partial charge is 0.741 e. The van der Waals surface area contributed by atoms with Gasteiger partial charge in [0.05, 0.1) is 0 Å². The zero-order valence-electron chi connectivity index (χ0n) is 27.1. The Bertz CT molecular complexity index is 1820. The summed E-state index contributed by atoms with van der Waals surface area (Å²) in [7, 11) is -4.85. The molecule has 0 saturated carbocycles. The molecule has 0 aliphatic rings. The lowest BCUT2D eigenvalue weighted by Crippen LogP contribution is -2.26. The minimum atomic E-state index is -6.09. The van der Waals surface area contributed by atoms with Crippen LogP contribution in [0.25, 0.3) is 0 Å². The van der Waals surface area contributed by atoms with Crippen LogP contribution in [0.4, 0.5) is 13.2 Å². The van der Waals surface area contributed by atoms with Crippen molar-refractivity contribution in [2.75, 3.05) is 0 Å². The molecule has 4 heterocycles. The third-order valence-electron chi connectivity index (χ3n) is 5.38. The zero-order valence-corrected chi connectivity index (χ0v) is 30.7. The zero-order chi connectivity index (χ0) is 36.2. The molecule has 0 atom stereocenters. The maximum atomic E-state index is 10.7. The van der Waals surface area contributed by atoms with Crippen molar-refractivity contribution in [3.63, 3.8) is 0 Å². The fraction of sp³-hybridized carbons (Fsp3) is 0.235. The Balaban J connectivity index is 0.000000568. The predicted molar refractivity (Wildman–Crippen MR) is 184 cm³/mol. The van der Waals surface area contributed by atoms with Gasteiger partial charge in [-0.3, -0.25) is 15.0 Å². The summed E-state index contributed by atoms with van der Waals surface area (Å²) in [5, 5.41) is 0. The summed E-state index contributed by atoms with van der Waals surface area (Å²) in [6, 6.07) is 7.67. The van der Waals surface area contributed by atoms with Gasteiger partial charge in [0.15, 0.2) is 22.5 Å². The second-order valence-corrected chi connectivity index (χ2v) is 14.6. The van der Waals surface area contributed by atoms with Crippen molar-refractivity contribution in [2.45, 2.75) is 46.3 Å². The fourth-order valence-corrected chi connectivity index (χ4v) is 3.50. The van der Waals surface area contributed by atoms with Crippen molar-refractivity contribution in [2.24, 2.45) is 7.05 Å². The number of aryl methyl sites for hydroxylation is 5. The topological polar surface area (TPSA) is 99.8 Å². The van der Waals surface area contributed by atoms with Crippen LogP contribution in [0.5, 0.6) is 0 Å². The van der Waals surface area contributed by atoms with Gasteiger partial charge in [0.2, 0.25) is 0 Å². The molecule has 0 radical (unpaired) electrons. The Labute approximate surface area is 286 Å². The third-order valence-corrected chi connectivity index (χ3v) is 7.56. The van der Waals surface area contributed by atoms with Crippen molar-refractivity contribution >= 4 is 34.8 Å². The minimum Gasteiger partial charge on any atom is -0.741 e. The Morgan fingerprint density at radius 2 is 1.23 bits per heavy atom. The van der Waals surface area contributed by atoms with Gasteiger partial charge in [0.25, 0.3) is 0 Å². The molecular weight excluding hydrogens is 709 g/mol. The molecule has 0 N–H and O–H groups in total. The van der Waals surface area contributed by atoms with Gasteiger partial charge in [-0.1, -0.05) is 46.8 Å². The second-order valence-electron chi connectivity index (χ2n) is 9.83. The fourth-order valence-electron chi connectivity index (χ4n) is 2.83. The molecule has 0 unspecified atom stereocenters. The summed E-state index contributed by atoms with van der Waals surface area (Å²) in [6.45, 7) is 12.5. The summed E-state index contributed by atoms with van der Waals surface area (Å²) in [5.74, 6) is 8.35. The number of terminal acetylenes is 2. The molecule has 0 spiro atoms. The number of hydrogen-bond acceptors (Lipinski definition) is 6. The highest BCUT2D eigenvalue weighted by Crippen LogP contribution is 2.20. The first kappa shape index (κ1) is 42.7. The van der Waals surface area contributed by atoms with Gasteiger partial charge in [-0.25, -0.2) is 13.0 Å². The van der Waals surface area contributed by atoms with E-state index in [2.05, 4.69) is 67.3 Å². The summed E-state index contributed by atoms with van der Waals surface area (Å²) < 4.78 is 62.0. The standard InChI is InChI=1S/C10H13NSi.C9H10N.C8H7N.C6H6BrN.CHF3O3S/c1-9-8-11-6-4-10(9)5-7-12(2)3;1-4-9-5-6-10(3)7-8(9)2;1-3-8-4-5-9-6-7(8)2;1-5-4-8-3-2-6(5)7;2-1(3,4)8(5,6)7/h4,6,8,12H,1-3H3;1,5-7H,2-3H3;1,4-6H,2H3;2-4H,1H3;(H,5,6,7)/q;+1;;;/p-1. The Kier molecular flexibility index (Phi) is 19.5. The van der Waals surface area contributed by atoms with Crippen LogP contribution < -0.4 is 4.57 Å². The summed E-state index contributed by atoms with van der Waals surface area (Å²) in [6.07, 6.45) is 25.1. The van der Waals surface area contributed by atoms with Crippen LogP contribution in [0.15, 0.2) is 78.3 Å².